The Bertz CT molecular complexity index is 999. The van der Waals surface area contributed by atoms with Gasteiger partial charge in [0.2, 0.25) is 0 Å². The number of carbonyl (C=O) groups excluding carboxylic acids is 3. The van der Waals surface area contributed by atoms with Gasteiger partial charge >= 0.3 is 11.8 Å². The SMILES string of the molecule is CSc1ccc2c(c1)C(CCC=[N+]1C(=O)c3ccccc3C1=O)C(=O)C=C2. The second-order valence-electron chi connectivity index (χ2n) is 6.57. The molecule has 0 saturated carbocycles. The van der Waals surface area contributed by atoms with E-state index < -0.39 is 0 Å². The molecular formula is C22H18NO3S+. The highest BCUT2D eigenvalue weighted by atomic mass is 32.2. The molecule has 27 heavy (non-hydrogen) atoms. The summed E-state index contributed by atoms with van der Waals surface area (Å²) >= 11 is 1.64. The van der Waals surface area contributed by atoms with Gasteiger partial charge in [0.1, 0.15) is 11.1 Å². The predicted molar refractivity (Wildman–Crippen MR) is 106 cm³/mol. The quantitative estimate of drug-likeness (QED) is 0.461. The molecule has 2 amide bonds. The highest BCUT2D eigenvalue weighted by molar-refractivity contribution is 7.98. The monoisotopic (exact) mass is 376 g/mol. The van der Waals surface area contributed by atoms with Gasteiger partial charge in [0.25, 0.3) is 0 Å². The molecule has 1 atom stereocenters. The summed E-state index contributed by atoms with van der Waals surface area (Å²) < 4.78 is 1.17. The second kappa shape index (κ2) is 7.08. The van der Waals surface area contributed by atoms with Crippen molar-refractivity contribution in [3.63, 3.8) is 0 Å². The first-order chi connectivity index (χ1) is 13.1. The maximum absolute atomic E-state index is 12.4. The minimum Gasteiger partial charge on any atom is -0.294 e. The minimum atomic E-state index is -0.296. The standard InChI is InChI=1S/C22H18NO3S/c1-27-15-10-8-14-9-11-20(24)16(19(14)13-15)7-4-12-23-21(25)17-5-2-3-6-18(17)22(23)26/h2-3,5-6,8-13,16H,4,7H2,1H3/q+1. The molecule has 0 spiro atoms. The topological polar surface area (TPSA) is 54.2 Å². The molecule has 0 fully saturated rings. The summed E-state index contributed by atoms with van der Waals surface area (Å²) in [5.41, 5.74) is 2.94. The van der Waals surface area contributed by atoms with E-state index in [1.54, 1.807) is 48.3 Å². The number of thioether (sulfide) groups is 1. The van der Waals surface area contributed by atoms with Gasteiger partial charge in [-0.2, -0.15) is 0 Å². The highest BCUT2D eigenvalue weighted by Gasteiger charge is 2.41. The molecule has 1 heterocycles. The van der Waals surface area contributed by atoms with Crippen molar-refractivity contribution in [2.75, 3.05) is 6.26 Å². The van der Waals surface area contributed by atoms with Crippen LogP contribution in [-0.4, -0.2) is 34.6 Å². The van der Waals surface area contributed by atoms with E-state index >= 15 is 0 Å². The van der Waals surface area contributed by atoms with Gasteiger partial charge in [-0.25, -0.2) is 9.59 Å². The molecule has 2 aliphatic rings. The minimum absolute atomic E-state index is 0.0662. The van der Waals surface area contributed by atoms with Crippen LogP contribution in [0.2, 0.25) is 0 Å². The number of nitrogens with zero attached hydrogens (tertiary/aromatic N) is 1. The summed E-state index contributed by atoms with van der Waals surface area (Å²) in [4.78, 5) is 38.4. The van der Waals surface area contributed by atoms with Crippen molar-refractivity contribution in [3.8, 4) is 0 Å². The van der Waals surface area contributed by atoms with Crippen molar-refractivity contribution in [2.45, 2.75) is 23.7 Å². The van der Waals surface area contributed by atoms with Crippen LogP contribution in [0.4, 0.5) is 0 Å². The third-order valence-electron chi connectivity index (χ3n) is 5.03. The Hall–Kier alpha value is -2.79. The molecule has 1 aliphatic heterocycles. The normalized spacial score (nSPS) is 17.9. The number of carbonyl (C=O) groups is 3. The number of imide groups is 1. The average Bonchev–Trinajstić information content (AvgIpc) is 2.94. The van der Waals surface area contributed by atoms with Crippen LogP contribution in [0, 0.1) is 0 Å². The Kier molecular flexibility index (Phi) is 4.62. The molecule has 0 N–H and O–H groups in total. The Balaban J connectivity index is 1.56. The van der Waals surface area contributed by atoms with Crippen LogP contribution >= 0.6 is 11.8 Å². The van der Waals surface area contributed by atoms with Crippen LogP contribution in [0.25, 0.3) is 6.08 Å². The van der Waals surface area contributed by atoms with Crippen molar-refractivity contribution in [2.24, 2.45) is 0 Å². The van der Waals surface area contributed by atoms with Gasteiger partial charge in [0, 0.05) is 17.2 Å². The fourth-order valence-corrected chi connectivity index (χ4v) is 4.07. The number of hydrogen-bond acceptors (Lipinski definition) is 4. The van der Waals surface area contributed by atoms with E-state index in [1.165, 1.54) is 4.58 Å². The van der Waals surface area contributed by atoms with Gasteiger partial charge in [0.15, 0.2) is 12.0 Å². The molecule has 2 aromatic rings. The summed E-state index contributed by atoms with van der Waals surface area (Å²) in [6.45, 7) is 0. The van der Waals surface area contributed by atoms with Crippen molar-refractivity contribution < 1.29 is 19.0 Å². The maximum atomic E-state index is 12.4. The van der Waals surface area contributed by atoms with E-state index in [4.69, 9.17) is 0 Å². The first-order valence-corrected chi connectivity index (χ1v) is 10.0. The average molecular weight is 376 g/mol. The largest absolute Gasteiger partial charge is 0.428 e. The molecular weight excluding hydrogens is 358 g/mol. The Labute approximate surface area is 161 Å². The smallest absolute Gasteiger partial charge is 0.294 e. The van der Waals surface area contributed by atoms with Crippen LogP contribution in [0.15, 0.2) is 53.4 Å². The third kappa shape index (κ3) is 3.08. The molecule has 2 aromatic carbocycles. The van der Waals surface area contributed by atoms with Gasteiger partial charge in [-0.05, 0) is 54.1 Å². The lowest BCUT2D eigenvalue weighted by molar-refractivity contribution is -0.319. The first-order valence-electron chi connectivity index (χ1n) is 8.80. The summed E-state index contributed by atoms with van der Waals surface area (Å²) in [6, 6.07) is 13.0. The van der Waals surface area contributed by atoms with Crippen molar-refractivity contribution in [3.05, 3.63) is 70.8 Å². The van der Waals surface area contributed by atoms with Gasteiger partial charge in [-0.3, -0.25) is 4.79 Å². The lowest BCUT2D eigenvalue weighted by Crippen LogP contribution is -2.21. The van der Waals surface area contributed by atoms with E-state index in [0.717, 1.165) is 16.0 Å². The fraction of sp³-hybridized carbons (Fsp3) is 0.182. The Morgan fingerprint density at radius 2 is 1.70 bits per heavy atom. The fourth-order valence-electron chi connectivity index (χ4n) is 3.62. The van der Waals surface area contributed by atoms with Gasteiger partial charge in [0.05, 0.1) is 0 Å². The van der Waals surface area contributed by atoms with Crippen LogP contribution in [0.5, 0.6) is 0 Å². The van der Waals surface area contributed by atoms with Crippen LogP contribution in [0.3, 0.4) is 0 Å². The van der Waals surface area contributed by atoms with Crippen molar-refractivity contribution >= 4 is 41.7 Å². The lowest BCUT2D eigenvalue weighted by atomic mass is 9.83. The summed E-state index contributed by atoms with van der Waals surface area (Å²) in [5, 5.41) is 0. The molecule has 1 unspecified atom stereocenters. The third-order valence-corrected chi connectivity index (χ3v) is 5.76. The number of fused-ring (bicyclic) bond motifs is 2. The van der Waals surface area contributed by atoms with E-state index in [2.05, 4.69) is 6.07 Å². The Morgan fingerprint density at radius 3 is 2.37 bits per heavy atom. The molecule has 4 rings (SSSR count). The number of benzene rings is 2. The van der Waals surface area contributed by atoms with Crippen LogP contribution in [0.1, 0.15) is 50.6 Å². The second-order valence-corrected chi connectivity index (χ2v) is 7.45. The van der Waals surface area contributed by atoms with E-state index in [0.29, 0.717) is 24.0 Å². The maximum Gasteiger partial charge on any atom is 0.428 e. The molecule has 5 heteroatoms. The molecule has 0 bridgehead atoms. The number of rotatable bonds is 4. The molecule has 1 aliphatic carbocycles. The van der Waals surface area contributed by atoms with Crippen molar-refractivity contribution in [1.82, 2.24) is 0 Å². The lowest BCUT2D eigenvalue weighted by Gasteiger charge is -2.20. The van der Waals surface area contributed by atoms with E-state index in [1.807, 2.05) is 24.5 Å². The summed E-state index contributed by atoms with van der Waals surface area (Å²) in [5.74, 6) is -0.772. The highest BCUT2D eigenvalue weighted by Crippen LogP contribution is 2.33. The first kappa shape index (κ1) is 17.6. The zero-order chi connectivity index (χ0) is 19.0. The van der Waals surface area contributed by atoms with Gasteiger partial charge < -0.3 is 0 Å². The van der Waals surface area contributed by atoms with Crippen LogP contribution in [-0.2, 0) is 4.79 Å². The zero-order valence-corrected chi connectivity index (χ0v) is 15.7. The number of ketones is 1. The molecule has 0 saturated heterocycles. The molecule has 134 valence electrons. The summed E-state index contributed by atoms with van der Waals surface area (Å²) in [6.07, 6.45) is 8.13. The predicted octanol–water partition coefficient (Wildman–Crippen LogP) is 3.95. The number of hydrogen-bond donors (Lipinski definition) is 0. The number of allylic oxidation sites excluding steroid dienone is 1. The van der Waals surface area contributed by atoms with E-state index in [-0.39, 0.29) is 23.5 Å². The van der Waals surface area contributed by atoms with Crippen molar-refractivity contribution in [1.29, 1.82) is 0 Å². The molecule has 0 aromatic heterocycles. The number of amides is 2. The Morgan fingerprint density at radius 1 is 1.00 bits per heavy atom. The van der Waals surface area contributed by atoms with Gasteiger partial charge in [-0.1, -0.05) is 28.9 Å². The molecule has 0 radical (unpaired) electrons. The molecule has 4 nitrogen and oxygen atoms in total. The van der Waals surface area contributed by atoms with Crippen LogP contribution < -0.4 is 0 Å². The van der Waals surface area contributed by atoms with E-state index in [9.17, 15) is 14.4 Å². The van der Waals surface area contributed by atoms with Gasteiger partial charge in [-0.15, -0.1) is 11.8 Å². The summed E-state index contributed by atoms with van der Waals surface area (Å²) in [7, 11) is 0. The zero-order valence-electron chi connectivity index (χ0n) is 14.8.